The molecule has 0 N–H and O–H groups in total. The van der Waals surface area contributed by atoms with Crippen LogP contribution in [0.3, 0.4) is 0 Å². The maximum absolute atomic E-state index is 13.2. The van der Waals surface area contributed by atoms with E-state index in [0.29, 0.717) is 11.1 Å². The molecule has 2 aromatic heterocycles. The fourth-order valence-corrected chi connectivity index (χ4v) is 7.34. The summed E-state index contributed by atoms with van der Waals surface area (Å²) in [5.41, 5.74) is 5.60. The number of hydrazone groups is 1. The van der Waals surface area contributed by atoms with E-state index in [2.05, 4.69) is 77.8 Å². The second kappa shape index (κ2) is 10.2. The smallest absolute Gasteiger partial charge is 0.345 e. The Morgan fingerprint density at radius 3 is 2.52 bits per heavy atom. The van der Waals surface area contributed by atoms with Crippen LogP contribution in [0.5, 0.6) is 0 Å². The third kappa shape index (κ3) is 4.27. The lowest BCUT2D eigenvalue weighted by Gasteiger charge is -2.29. The van der Waals surface area contributed by atoms with Crippen LogP contribution in [0.4, 0.5) is 5.13 Å². The minimum absolute atomic E-state index is 0.0385. The Kier molecular flexibility index (Phi) is 6.08. The van der Waals surface area contributed by atoms with Gasteiger partial charge in [-0.3, -0.25) is 0 Å². The lowest BCUT2D eigenvalue weighted by atomic mass is 9.77. The third-order valence-electron chi connectivity index (χ3n) is 8.38. The Hall–Kier alpha value is -4.81. The van der Waals surface area contributed by atoms with E-state index in [1.807, 2.05) is 36.4 Å². The first-order valence-corrected chi connectivity index (χ1v) is 15.1. The van der Waals surface area contributed by atoms with Gasteiger partial charge in [0.05, 0.1) is 22.2 Å². The Bertz CT molecular complexity index is 2060. The molecule has 204 valence electrons. The van der Waals surface area contributed by atoms with Crippen LogP contribution < -0.4 is 10.6 Å². The summed E-state index contributed by atoms with van der Waals surface area (Å²) in [6.45, 7) is 0. The van der Waals surface area contributed by atoms with Crippen LogP contribution in [0.25, 0.3) is 38.3 Å². The lowest BCUT2D eigenvalue weighted by molar-refractivity contribution is 0.487. The van der Waals surface area contributed by atoms with Gasteiger partial charge in [-0.2, -0.15) is 5.10 Å². The van der Waals surface area contributed by atoms with Gasteiger partial charge in [0.25, 0.3) is 0 Å². The van der Waals surface area contributed by atoms with Gasteiger partial charge in [0, 0.05) is 17.5 Å². The number of rotatable bonds is 4. The summed E-state index contributed by atoms with van der Waals surface area (Å²) in [7, 11) is 0. The van der Waals surface area contributed by atoms with Crippen LogP contribution in [-0.2, 0) is 0 Å². The molecule has 0 saturated heterocycles. The van der Waals surface area contributed by atoms with Crippen LogP contribution in [0.2, 0.25) is 0 Å². The molecule has 0 radical (unpaired) electrons. The number of aromatic nitrogens is 1. The van der Waals surface area contributed by atoms with Gasteiger partial charge in [-0.25, -0.2) is 14.8 Å². The molecule has 42 heavy (non-hydrogen) atoms. The Morgan fingerprint density at radius 1 is 0.881 bits per heavy atom. The standard InChI is InChI=1S/C36H27N3O2S/c40-35-30(21-29-27-16-8-7-12-24(27)18-19-31(29)41-35)32-22-37-36(42-32)39-34(25-13-5-2-6-14-25)28-17-9-15-26(33(28)38-39)20-23-10-3-1-4-11-23/h1-8,10-14,16,18-22,28,34H,9,15,17H2/b26-20+/t28-,34+/m0/s1. The highest BCUT2D eigenvalue weighted by molar-refractivity contribution is 7.18. The van der Waals surface area contributed by atoms with Crippen molar-refractivity contribution in [3.05, 3.63) is 136 Å². The van der Waals surface area contributed by atoms with Crippen molar-refractivity contribution < 1.29 is 4.42 Å². The number of thiazole rings is 1. The first-order valence-electron chi connectivity index (χ1n) is 14.3. The Balaban J connectivity index is 1.23. The van der Waals surface area contributed by atoms with Crippen molar-refractivity contribution in [1.29, 1.82) is 0 Å². The second-order valence-corrected chi connectivity index (χ2v) is 11.9. The quantitative estimate of drug-likeness (QED) is 0.158. The van der Waals surface area contributed by atoms with Crippen molar-refractivity contribution >= 4 is 50.0 Å². The monoisotopic (exact) mass is 565 g/mol. The molecule has 0 spiro atoms. The SMILES string of the molecule is O=c1oc2ccc3ccccc3c2cc1-c1cnc(N2N=C3/C(=C/c4ccccc4)CCC[C@@H]3[C@H]2c2ccccc2)s1. The molecule has 4 aromatic carbocycles. The molecule has 1 aliphatic carbocycles. The summed E-state index contributed by atoms with van der Waals surface area (Å²) in [4.78, 5) is 18.8. The van der Waals surface area contributed by atoms with Crippen LogP contribution in [0.15, 0.2) is 129 Å². The van der Waals surface area contributed by atoms with Gasteiger partial charge in [-0.05, 0) is 64.9 Å². The summed E-state index contributed by atoms with van der Waals surface area (Å²) in [5, 5.41) is 11.2. The number of nitrogens with zero attached hydrogens (tertiary/aromatic N) is 3. The minimum Gasteiger partial charge on any atom is -0.422 e. The summed E-state index contributed by atoms with van der Waals surface area (Å²) in [6.07, 6.45) is 7.27. The average molecular weight is 566 g/mol. The molecule has 8 rings (SSSR count). The molecular formula is C36H27N3O2S. The third-order valence-corrected chi connectivity index (χ3v) is 9.40. The molecule has 0 bridgehead atoms. The van der Waals surface area contributed by atoms with Crippen LogP contribution >= 0.6 is 11.3 Å². The number of allylic oxidation sites excluding steroid dienone is 1. The van der Waals surface area contributed by atoms with E-state index in [9.17, 15) is 4.79 Å². The molecule has 6 heteroatoms. The predicted octanol–water partition coefficient (Wildman–Crippen LogP) is 8.87. The molecule has 3 heterocycles. The van der Waals surface area contributed by atoms with Crippen LogP contribution in [-0.4, -0.2) is 10.7 Å². The van der Waals surface area contributed by atoms with E-state index in [-0.39, 0.29) is 17.6 Å². The number of benzene rings is 4. The van der Waals surface area contributed by atoms with Crippen molar-refractivity contribution in [2.24, 2.45) is 11.0 Å². The molecule has 0 unspecified atom stereocenters. The number of hydrogen-bond donors (Lipinski definition) is 0. The second-order valence-electron chi connectivity index (χ2n) is 10.9. The number of fused-ring (bicyclic) bond motifs is 4. The highest BCUT2D eigenvalue weighted by atomic mass is 32.1. The average Bonchev–Trinajstić information content (AvgIpc) is 3.68. The predicted molar refractivity (Wildman–Crippen MR) is 172 cm³/mol. The van der Waals surface area contributed by atoms with Crippen molar-refractivity contribution in [2.45, 2.75) is 25.3 Å². The van der Waals surface area contributed by atoms with Gasteiger partial charge in [0.2, 0.25) is 5.13 Å². The summed E-state index contributed by atoms with van der Waals surface area (Å²) >= 11 is 1.49. The van der Waals surface area contributed by atoms with E-state index < -0.39 is 0 Å². The molecule has 1 fully saturated rings. The van der Waals surface area contributed by atoms with Gasteiger partial charge in [-0.15, -0.1) is 0 Å². The zero-order valence-electron chi connectivity index (χ0n) is 22.8. The maximum Gasteiger partial charge on any atom is 0.345 e. The highest BCUT2D eigenvalue weighted by Gasteiger charge is 2.42. The first-order chi connectivity index (χ1) is 20.7. The first kappa shape index (κ1) is 24.9. The largest absolute Gasteiger partial charge is 0.422 e. The van der Waals surface area contributed by atoms with E-state index in [1.54, 1.807) is 6.20 Å². The molecular weight excluding hydrogens is 538 g/mol. The molecule has 5 nitrogen and oxygen atoms in total. The summed E-state index contributed by atoms with van der Waals surface area (Å²) in [5.74, 6) is 0.264. The summed E-state index contributed by atoms with van der Waals surface area (Å²) in [6, 6.07) is 35.1. The van der Waals surface area contributed by atoms with Crippen molar-refractivity contribution in [2.75, 3.05) is 5.01 Å². The van der Waals surface area contributed by atoms with E-state index in [4.69, 9.17) is 14.5 Å². The van der Waals surface area contributed by atoms with E-state index in [1.165, 1.54) is 28.0 Å². The maximum atomic E-state index is 13.2. The van der Waals surface area contributed by atoms with Crippen molar-refractivity contribution in [3.8, 4) is 10.4 Å². The number of hydrogen-bond acceptors (Lipinski definition) is 6. The fourth-order valence-electron chi connectivity index (χ4n) is 6.43. The Morgan fingerprint density at radius 2 is 1.67 bits per heavy atom. The lowest BCUT2D eigenvalue weighted by Crippen LogP contribution is -2.27. The van der Waals surface area contributed by atoms with Gasteiger partial charge in [0.1, 0.15) is 5.58 Å². The molecule has 0 amide bonds. The van der Waals surface area contributed by atoms with Crippen LogP contribution in [0, 0.1) is 5.92 Å². The van der Waals surface area contributed by atoms with Gasteiger partial charge >= 0.3 is 5.63 Å². The zero-order valence-corrected chi connectivity index (χ0v) is 23.6. The fraction of sp³-hybridized carbons (Fsp3) is 0.139. The Labute approximate surface area is 247 Å². The van der Waals surface area contributed by atoms with Crippen LogP contribution in [0.1, 0.15) is 36.4 Å². The van der Waals surface area contributed by atoms with Gasteiger partial charge < -0.3 is 4.42 Å². The van der Waals surface area contributed by atoms with Crippen molar-refractivity contribution in [1.82, 2.24) is 4.98 Å². The molecule has 2 atom stereocenters. The van der Waals surface area contributed by atoms with E-state index >= 15 is 0 Å². The van der Waals surface area contributed by atoms with E-state index in [0.717, 1.165) is 51.1 Å². The minimum atomic E-state index is -0.359. The molecule has 1 aliphatic heterocycles. The van der Waals surface area contributed by atoms with Crippen molar-refractivity contribution in [3.63, 3.8) is 0 Å². The topological polar surface area (TPSA) is 58.7 Å². The molecule has 2 aliphatic rings. The highest BCUT2D eigenvalue weighted by Crippen LogP contribution is 2.47. The van der Waals surface area contributed by atoms with Gasteiger partial charge in [0.15, 0.2) is 0 Å². The normalized spacial score (nSPS) is 19.4. The molecule has 1 saturated carbocycles. The summed E-state index contributed by atoms with van der Waals surface area (Å²) < 4.78 is 5.80. The zero-order chi connectivity index (χ0) is 28.0. The van der Waals surface area contributed by atoms with Gasteiger partial charge in [-0.1, -0.05) is 102 Å². The molecule has 6 aromatic rings. The number of anilines is 1.